The van der Waals surface area contributed by atoms with Crippen molar-refractivity contribution in [3.8, 4) is 5.75 Å². The van der Waals surface area contributed by atoms with Gasteiger partial charge >= 0.3 is 12.0 Å². The van der Waals surface area contributed by atoms with Crippen LogP contribution >= 0.6 is 0 Å². The molecule has 2 N–H and O–H groups in total. The van der Waals surface area contributed by atoms with E-state index in [1.807, 2.05) is 4.90 Å². The lowest BCUT2D eigenvalue weighted by atomic mass is 9.98. The number of hydrogen-bond donors (Lipinski definition) is 2. The summed E-state index contributed by atoms with van der Waals surface area (Å²) in [4.78, 5) is 29.0. The molecular formula is C24H36N4O4. The number of rotatable bonds is 6. The molecule has 3 fully saturated rings. The van der Waals surface area contributed by atoms with Crippen LogP contribution in [0.25, 0.3) is 0 Å². The van der Waals surface area contributed by atoms with E-state index in [1.54, 1.807) is 24.3 Å². The standard InChI is InChI=1S/C24H36N4O4/c29-23(32-22-4-2-1-3-5-22)18-31-21-8-6-19(7-9-21)26-24(30)28-16-14-27(15-17-28)20-10-12-25-13-11-20/h6-9,20,22,25H,1-5,10-18H2,(H,26,30). The molecular weight excluding hydrogens is 408 g/mol. The molecule has 2 saturated heterocycles. The van der Waals surface area contributed by atoms with Crippen molar-refractivity contribution in [2.45, 2.75) is 57.1 Å². The van der Waals surface area contributed by atoms with Crippen molar-refractivity contribution in [3.63, 3.8) is 0 Å². The van der Waals surface area contributed by atoms with Gasteiger partial charge in [-0.2, -0.15) is 0 Å². The number of nitrogens with one attached hydrogen (secondary N) is 2. The molecule has 0 spiro atoms. The van der Waals surface area contributed by atoms with Crippen molar-refractivity contribution >= 4 is 17.7 Å². The lowest BCUT2D eigenvalue weighted by molar-refractivity contribution is -0.152. The van der Waals surface area contributed by atoms with E-state index in [-0.39, 0.29) is 24.7 Å². The number of piperazine rings is 1. The van der Waals surface area contributed by atoms with Gasteiger partial charge in [-0.3, -0.25) is 4.90 Å². The third-order valence-corrected chi connectivity index (χ3v) is 6.74. The first-order valence-corrected chi connectivity index (χ1v) is 12.1. The van der Waals surface area contributed by atoms with Crippen LogP contribution in [-0.2, 0) is 9.53 Å². The maximum Gasteiger partial charge on any atom is 0.344 e. The Balaban J connectivity index is 1.16. The summed E-state index contributed by atoms with van der Waals surface area (Å²) in [5.74, 6) is 0.261. The predicted molar refractivity (Wildman–Crippen MR) is 123 cm³/mol. The number of piperidine rings is 1. The number of amides is 2. The van der Waals surface area contributed by atoms with Gasteiger partial charge in [0.2, 0.25) is 0 Å². The molecule has 1 saturated carbocycles. The van der Waals surface area contributed by atoms with Gasteiger partial charge in [-0.25, -0.2) is 9.59 Å². The highest BCUT2D eigenvalue weighted by atomic mass is 16.6. The summed E-state index contributed by atoms with van der Waals surface area (Å²) >= 11 is 0. The van der Waals surface area contributed by atoms with Crippen molar-refractivity contribution < 1.29 is 19.1 Å². The molecule has 1 aromatic rings. The maximum absolute atomic E-state index is 12.6. The van der Waals surface area contributed by atoms with Crippen LogP contribution in [0.15, 0.2) is 24.3 Å². The van der Waals surface area contributed by atoms with Crippen LogP contribution in [0.5, 0.6) is 5.75 Å². The number of ether oxygens (including phenoxy) is 2. The van der Waals surface area contributed by atoms with Gasteiger partial charge in [0.1, 0.15) is 11.9 Å². The zero-order valence-electron chi connectivity index (χ0n) is 18.9. The normalized spacial score (nSPS) is 21.2. The molecule has 1 aliphatic carbocycles. The highest BCUT2D eigenvalue weighted by Gasteiger charge is 2.27. The molecule has 2 heterocycles. The highest BCUT2D eigenvalue weighted by Crippen LogP contribution is 2.21. The smallest absolute Gasteiger partial charge is 0.344 e. The van der Waals surface area contributed by atoms with Gasteiger partial charge in [-0.05, 0) is 75.9 Å². The third-order valence-electron chi connectivity index (χ3n) is 6.74. The van der Waals surface area contributed by atoms with Crippen LogP contribution in [0.1, 0.15) is 44.9 Å². The van der Waals surface area contributed by atoms with Crippen LogP contribution in [-0.4, -0.2) is 79.8 Å². The van der Waals surface area contributed by atoms with E-state index < -0.39 is 0 Å². The van der Waals surface area contributed by atoms with Crippen molar-refractivity contribution in [1.82, 2.24) is 15.1 Å². The van der Waals surface area contributed by atoms with E-state index in [4.69, 9.17) is 9.47 Å². The van der Waals surface area contributed by atoms with Gasteiger partial charge in [0.15, 0.2) is 6.61 Å². The second kappa shape index (κ2) is 11.5. The van der Waals surface area contributed by atoms with Crippen LogP contribution in [0.4, 0.5) is 10.5 Å². The zero-order chi connectivity index (χ0) is 22.2. The second-order valence-electron chi connectivity index (χ2n) is 9.00. The summed E-state index contributed by atoms with van der Waals surface area (Å²) in [7, 11) is 0. The summed E-state index contributed by atoms with van der Waals surface area (Å²) < 4.78 is 11.0. The van der Waals surface area contributed by atoms with Crippen molar-refractivity contribution in [1.29, 1.82) is 0 Å². The Kier molecular flexibility index (Phi) is 8.23. The number of urea groups is 1. The number of hydrogen-bond acceptors (Lipinski definition) is 6. The van der Waals surface area contributed by atoms with Crippen molar-refractivity contribution in [3.05, 3.63) is 24.3 Å². The minimum absolute atomic E-state index is 0.0407. The molecule has 0 radical (unpaired) electrons. The molecule has 32 heavy (non-hydrogen) atoms. The average Bonchev–Trinajstić information content (AvgIpc) is 2.85. The Morgan fingerprint density at radius 1 is 0.938 bits per heavy atom. The van der Waals surface area contributed by atoms with Crippen LogP contribution in [0, 0.1) is 0 Å². The molecule has 8 heteroatoms. The Bertz CT molecular complexity index is 737. The zero-order valence-corrected chi connectivity index (χ0v) is 18.9. The Hall–Kier alpha value is -2.32. The summed E-state index contributed by atoms with van der Waals surface area (Å²) in [6.07, 6.45) is 7.80. The van der Waals surface area contributed by atoms with E-state index in [0.29, 0.717) is 17.5 Å². The maximum atomic E-state index is 12.6. The van der Waals surface area contributed by atoms with Gasteiger partial charge in [0.25, 0.3) is 0 Å². The molecule has 4 rings (SSSR count). The fourth-order valence-corrected chi connectivity index (χ4v) is 4.84. The monoisotopic (exact) mass is 444 g/mol. The fraction of sp³-hybridized carbons (Fsp3) is 0.667. The minimum Gasteiger partial charge on any atom is -0.482 e. The summed E-state index contributed by atoms with van der Waals surface area (Å²) in [6, 6.07) is 7.70. The first-order valence-electron chi connectivity index (χ1n) is 12.1. The first-order chi connectivity index (χ1) is 15.7. The quantitative estimate of drug-likeness (QED) is 0.657. The largest absolute Gasteiger partial charge is 0.482 e. The highest BCUT2D eigenvalue weighted by molar-refractivity contribution is 5.89. The Labute approximate surface area is 190 Å². The van der Waals surface area contributed by atoms with Crippen molar-refractivity contribution in [2.24, 2.45) is 0 Å². The Morgan fingerprint density at radius 3 is 2.31 bits per heavy atom. The lowest BCUT2D eigenvalue weighted by Crippen LogP contribution is -2.54. The summed E-state index contributed by atoms with van der Waals surface area (Å²) in [5.41, 5.74) is 0.716. The molecule has 176 valence electrons. The average molecular weight is 445 g/mol. The van der Waals surface area contributed by atoms with Gasteiger partial charge in [-0.1, -0.05) is 6.42 Å². The van der Waals surface area contributed by atoms with Crippen LogP contribution in [0.2, 0.25) is 0 Å². The molecule has 2 aliphatic heterocycles. The second-order valence-corrected chi connectivity index (χ2v) is 9.00. The molecule has 0 atom stereocenters. The predicted octanol–water partition coefficient (Wildman–Crippen LogP) is 2.84. The topological polar surface area (TPSA) is 83.1 Å². The molecule has 1 aromatic carbocycles. The number of carbonyl (C=O) groups excluding carboxylic acids is 2. The van der Waals surface area contributed by atoms with Gasteiger partial charge in [-0.15, -0.1) is 0 Å². The van der Waals surface area contributed by atoms with E-state index in [1.165, 1.54) is 19.3 Å². The summed E-state index contributed by atoms with van der Waals surface area (Å²) in [5, 5.41) is 6.37. The molecule has 0 aromatic heterocycles. The van der Waals surface area contributed by atoms with Crippen LogP contribution in [0.3, 0.4) is 0 Å². The number of esters is 1. The van der Waals surface area contributed by atoms with Gasteiger partial charge in [0.05, 0.1) is 0 Å². The first kappa shape index (κ1) is 22.9. The fourth-order valence-electron chi connectivity index (χ4n) is 4.84. The van der Waals surface area contributed by atoms with E-state index in [9.17, 15) is 9.59 Å². The van der Waals surface area contributed by atoms with E-state index in [0.717, 1.165) is 65.0 Å². The van der Waals surface area contributed by atoms with E-state index >= 15 is 0 Å². The molecule has 0 bridgehead atoms. The lowest BCUT2D eigenvalue weighted by Gasteiger charge is -2.40. The molecule has 0 unspecified atom stereocenters. The summed E-state index contributed by atoms with van der Waals surface area (Å²) in [6.45, 7) is 5.45. The van der Waals surface area contributed by atoms with Crippen LogP contribution < -0.4 is 15.4 Å². The van der Waals surface area contributed by atoms with Crippen molar-refractivity contribution in [2.75, 3.05) is 51.2 Å². The third kappa shape index (κ3) is 6.59. The van der Waals surface area contributed by atoms with Gasteiger partial charge in [0, 0.05) is 37.9 Å². The van der Waals surface area contributed by atoms with Gasteiger partial charge < -0.3 is 25.0 Å². The minimum atomic E-state index is -0.321. The molecule has 2 amide bonds. The number of nitrogens with zero attached hydrogens (tertiary/aromatic N) is 2. The number of benzene rings is 1. The van der Waals surface area contributed by atoms with E-state index in [2.05, 4.69) is 15.5 Å². The number of carbonyl (C=O) groups is 2. The SMILES string of the molecule is O=C(COc1ccc(NC(=O)N2CCN(C3CCNCC3)CC2)cc1)OC1CCCCC1. The Morgan fingerprint density at radius 2 is 1.62 bits per heavy atom. The molecule has 3 aliphatic rings. The number of anilines is 1. The molecule has 8 nitrogen and oxygen atoms in total.